The Morgan fingerprint density at radius 3 is 2.26 bits per heavy atom. The lowest BCUT2D eigenvalue weighted by atomic mass is 9.84. The van der Waals surface area contributed by atoms with Crippen LogP contribution in [0.25, 0.3) is 11.3 Å². The van der Waals surface area contributed by atoms with Crippen molar-refractivity contribution >= 4 is 35.3 Å². The fourth-order valence-corrected chi connectivity index (χ4v) is 7.78. The largest absolute Gasteiger partial charge is 0.465 e. The first-order chi connectivity index (χ1) is 27.6. The van der Waals surface area contributed by atoms with Gasteiger partial charge in [0.25, 0.3) is 5.91 Å². The van der Waals surface area contributed by atoms with E-state index in [-0.39, 0.29) is 31.5 Å². The first-order valence-corrected chi connectivity index (χ1v) is 20.5. The van der Waals surface area contributed by atoms with Gasteiger partial charge in [-0.3, -0.25) is 20.0 Å². The van der Waals surface area contributed by atoms with Gasteiger partial charge in [-0.2, -0.15) is 0 Å². The molecule has 0 aliphatic carbocycles. The Balaban J connectivity index is 1.41. The summed E-state index contributed by atoms with van der Waals surface area (Å²) in [5, 5.41) is 31.5. The molecular formula is C43H56N8O6S. The van der Waals surface area contributed by atoms with E-state index in [0.717, 1.165) is 33.1 Å². The highest BCUT2D eigenvalue weighted by molar-refractivity contribution is 7.09. The van der Waals surface area contributed by atoms with Crippen molar-refractivity contribution in [1.29, 1.82) is 0 Å². The third kappa shape index (κ3) is 11.8. The predicted molar refractivity (Wildman–Crippen MR) is 223 cm³/mol. The minimum Gasteiger partial charge on any atom is -0.465 e. The number of hydrazine groups is 1. The molecule has 5 atom stereocenters. The van der Waals surface area contributed by atoms with E-state index in [1.54, 1.807) is 27.9 Å². The smallest absolute Gasteiger partial charge is 0.405 e. The summed E-state index contributed by atoms with van der Waals surface area (Å²) in [6.45, 7) is 12.5. The van der Waals surface area contributed by atoms with E-state index in [1.807, 2.05) is 113 Å². The van der Waals surface area contributed by atoms with Crippen LogP contribution >= 0.6 is 11.3 Å². The summed E-state index contributed by atoms with van der Waals surface area (Å²) in [4.78, 5) is 66.1. The summed E-state index contributed by atoms with van der Waals surface area (Å²) in [7, 11) is 0. The van der Waals surface area contributed by atoms with Gasteiger partial charge in [0.05, 0.1) is 35.1 Å². The maximum atomic E-state index is 14.5. The number of benzene rings is 2. The van der Waals surface area contributed by atoms with Gasteiger partial charge in [-0.15, -0.1) is 11.3 Å². The third-order valence-electron chi connectivity index (χ3n) is 10.4. The first kappa shape index (κ1) is 43.7. The maximum Gasteiger partial charge on any atom is 0.405 e. The van der Waals surface area contributed by atoms with Crippen molar-refractivity contribution in [3.8, 4) is 11.3 Å². The molecule has 0 bridgehead atoms. The van der Waals surface area contributed by atoms with Gasteiger partial charge in [-0.1, -0.05) is 102 Å². The average molecular weight is 813 g/mol. The fourth-order valence-electron chi connectivity index (χ4n) is 7.18. The number of carbonyl (C=O) groups excluding carboxylic acids is 3. The molecule has 5 rings (SSSR count). The Hall–Kier alpha value is -5.38. The topological polar surface area (TPSA) is 180 Å². The van der Waals surface area contributed by atoms with Gasteiger partial charge in [0, 0.05) is 43.3 Å². The van der Waals surface area contributed by atoms with E-state index < -0.39 is 47.6 Å². The molecule has 14 nitrogen and oxygen atoms in total. The normalized spacial score (nSPS) is 15.8. The zero-order valence-electron chi connectivity index (χ0n) is 34.1. The fraction of sp³-hybridized carbons (Fsp3) is 0.442. The van der Waals surface area contributed by atoms with E-state index in [9.17, 15) is 29.4 Å². The second-order valence-corrected chi connectivity index (χ2v) is 17.0. The van der Waals surface area contributed by atoms with Gasteiger partial charge in [0.2, 0.25) is 5.91 Å². The molecule has 2 aromatic heterocycles. The number of urea groups is 1. The van der Waals surface area contributed by atoms with E-state index >= 15 is 0 Å². The van der Waals surface area contributed by atoms with Crippen LogP contribution < -0.4 is 16.1 Å². The molecule has 1 fully saturated rings. The van der Waals surface area contributed by atoms with Crippen molar-refractivity contribution in [3.05, 3.63) is 106 Å². The summed E-state index contributed by atoms with van der Waals surface area (Å²) in [5.41, 5.74) is 6.39. The van der Waals surface area contributed by atoms with Crippen LogP contribution in [-0.2, 0) is 29.1 Å². The van der Waals surface area contributed by atoms with Crippen molar-refractivity contribution in [2.75, 3.05) is 19.6 Å². The van der Waals surface area contributed by atoms with Crippen molar-refractivity contribution < 1.29 is 29.4 Å². The van der Waals surface area contributed by atoms with Gasteiger partial charge in [-0.25, -0.2) is 19.6 Å². The average Bonchev–Trinajstić information content (AvgIpc) is 3.77. The van der Waals surface area contributed by atoms with Gasteiger partial charge in [0.15, 0.2) is 0 Å². The van der Waals surface area contributed by atoms with Crippen LogP contribution in [0.4, 0.5) is 9.59 Å². The highest BCUT2D eigenvalue weighted by atomic mass is 32.1. The number of aliphatic hydroxyl groups is 1. The van der Waals surface area contributed by atoms with E-state index in [1.165, 1.54) is 11.3 Å². The highest BCUT2D eigenvalue weighted by Gasteiger charge is 2.44. The molecule has 0 unspecified atom stereocenters. The van der Waals surface area contributed by atoms with Crippen LogP contribution in [-0.4, -0.2) is 103 Å². The molecule has 3 heterocycles. The third-order valence-corrected chi connectivity index (χ3v) is 11.2. The van der Waals surface area contributed by atoms with Crippen LogP contribution in [0.15, 0.2) is 84.4 Å². The monoisotopic (exact) mass is 812 g/mol. The second kappa shape index (κ2) is 19.9. The number of carboxylic acid groups (broad SMARTS) is 1. The number of hydrogen-bond donors (Lipinski definition) is 5. The molecule has 4 aromatic rings. The predicted octanol–water partition coefficient (Wildman–Crippen LogP) is 5.47. The number of aliphatic hydroxyl groups excluding tert-OH is 1. The number of thiazole rings is 1. The molecule has 0 saturated carbocycles. The molecule has 15 heteroatoms. The number of nitrogens with one attached hydrogen (secondary N) is 3. The second-order valence-electron chi connectivity index (χ2n) is 16.0. The molecule has 0 spiro atoms. The van der Waals surface area contributed by atoms with E-state index in [0.29, 0.717) is 26.1 Å². The Morgan fingerprint density at radius 2 is 1.66 bits per heavy atom. The summed E-state index contributed by atoms with van der Waals surface area (Å²) in [6.07, 6.45) is -0.0417. The Bertz CT molecular complexity index is 1970. The SMILES string of the molecule is CC[C@H](C)[C@H](NC(=O)O)C(=O)NN(Cc1ccc(-c2ccccn2)cc1)C[C@H](O)[C@H](Cc1ccccc1)NC(=O)[C@@H](N1CCN(Cc2csc(C)n2)C1=O)C(C)(C)C. The number of hydrogen-bond acceptors (Lipinski definition) is 9. The minimum absolute atomic E-state index is 0.129. The molecule has 1 aliphatic rings. The Morgan fingerprint density at radius 1 is 0.948 bits per heavy atom. The summed E-state index contributed by atoms with van der Waals surface area (Å²) in [6, 6.07) is 19.8. The molecule has 1 aliphatic heterocycles. The number of carbonyl (C=O) groups is 4. The zero-order chi connectivity index (χ0) is 42.0. The summed E-state index contributed by atoms with van der Waals surface area (Å²) < 4.78 is 0. The van der Waals surface area contributed by atoms with E-state index in [4.69, 9.17) is 0 Å². The lowest BCUT2D eigenvalue weighted by Gasteiger charge is -2.38. The molecule has 2 aromatic carbocycles. The van der Waals surface area contributed by atoms with Crippen LogP contribution in [0.1, 0.15) is 62.9 Å². The number of pyridine rings is 1. The van der Waals surface area contributed by atoms with Gasteiger partial charge in [0.1, 0.15) is 12.1 Å². The minimum atomic E-state index is -1.32. The molecule has 1 saturated heterocycles. The number of aromatic nitrogens is 2. The van der Waals surface area contributed by atoms with Crippen LogP contribution in [0, 0.1) is 18.3 Å². The van der Waals surface area contributed by atoms with Gasteiger partial charge >= 0.3 is 12.1 Å². The molecule has 58 heavy (non-hydrogen) atoms. The molecule has 310 valence electrons. The zero-order valence-corrected chi connectivity index (χ0v) is 34.9. The number of amides is 5. The number of rotatable bonds is 18. The lowest BCUT2D eigenvalue weighted by Crippen LogP contribution is -2.60. The lowest BCUT2D eigenvalue weighted by molar-refractivity contribution is -0.132. The molecule has 5 N–H and O–H groups in total. The Labute approximate surface area is 344 Å². The standard InChI is InChI=1S/C43H56N8O6S/c1-7-28(2)37(47-41(55)56)39(53)48-50(24-31-16-18-32(19-17-31)34-15-11-12-20-44-34)26-36(52)35(23-30-13-9-8-10-14-30)46-40(54)38(43(4,5)6)51-22-21-49(42(51)57)25-33-27-58-29(3)45-33/h8-20,27-28,35-38,47,52H,7,21-26H2,1-6H3,(H,46,54)(H,48,53)(H,55,56)/t28-,35-,36-,37-,38+/m0/s1. The number of nitrogens with zero attached hydrogens (tertiary/aromatic N) is 5. The Kier molecular flexibility index (Phi) is 15.0. The van der Waals surface area contributed by atoms with Crippen LogP contribution in [0.3, 0.4) is 0 Å². The first-order valence-electron chi connectivity index (χ1n) is 19.7. The van der Waals surface area contributed by atoms with Crippen molar-refractivity contribution in [2.24, 2.45) is 11.3 Å². The van der Waals surface area contributed by atoms with Crippen LogP contribution in [0.2, 0.25) is 0 Å². The highest BCUT2D eigenvalue weighted by Crippen LogP contribution is 2.29. The van der Waals surface area contributed by atoms with Gasteiger partial charge in [-0.05, 0) is 47.9 Å². The maximum absolute atomic E-state index is 14.5. The molecular weight excluding hydrogens is 757 g/mol. The summed E-state index contributed by atoms with van der Waals surface area (Å²) >= 11 is 1.52. The van der Waals surface area contributed by atoms with Crippen molar-refractivity contribution in [3.63, 3.8) is 0 Å². The van der Waals surface area contributed by atoms with Crippen LogP contribution in [0.5, 0.6) is 0 Å². The summed E-state index contributed by atoms with van der Waals surface area (Å²) in [5.74, 6) is -1.30. The van der Waals surface area contributed by atoms with E-state index in [2.05, 4.69) is 26.0 Å². The molecule has 5 amide bonds. The van der Waals surface area contributed by atoms with Gasteiger partial charge < -0.3 is 30.6 Å². The van der Waals surface area contributed by atoms with Crippen molar-refractivity contribution in [2.45, 2.75) is 91.7 Å². The van der Waals surface area contributed by atoms with Crippen molar-refractivity contribution in [1.82, 2.24) is 40.8 Å². The quantitative estimate of drug-likeness (QED) is 0.0815. The number of aryl methyl sites for hydroxylation is 1. The molecule has 0 radical (unpaired) electrons.